The lowest BCUT2D eigenvalue weighted by Gasteiger charge is -2.25. The van der Waals surface area contributed by atoms with Crippen LogP contribution in [0.1, 0.15) is 38.8 Å². The summed E-state index contributed by atoms with van der Waals surface area (Å²) in [4.78, 5) is 6.87. The van der Waals surface area contributed by atoms with Crippen LogP contribution in [0.5, 0.6) is 0 Å². The van der Waals surface area contributed by atoms with E-state index < -0.39 is 0 Å². The molecule has 0 amide bonds. The molecule has 0 radical (unpaired) electrons. The molecule has 4 nitrogen and oxygen atoms in total. The van der Waals surface area contributed by atoms with Gasteiger partial charge in [0.05, 0.1) is 17.6 Å². The van der Waals surface area contributed by atoms with Gasteiger partial charge in [0.25, 0.3) is 0 Å². The van der Waals surface area contributed by atoms with Crippen LogP contribution in [0.4, 0.5) is 0 Å². The number of hydrogen-bond acceptors (Lipinski definition) is 3. The molecule has 0 bridgehead atoms. The maximum absolute atomic E-state index is 4.30. The zero-order valence-electron chi connectivity index (χ0n) is 11.9. The highest BCUT2D eigenvalue weighted by Crippen LogP contribution is 2.19. The molecular formula is C14H26N4. The Hall–Kier alpha value is -0.870. The van der Waals surface area contributed by atoms with Gasteiger partial charge in [-0.1, -0.05) is 0 Å². The summed E-state index contributed by atoms with van der Waals surface area (Å²) >= 11 is 0. The van der Waals surface area contributed by atoms with E-state index in [2.05, 4.69) is 33.6 Å². The Kier molecular flexibility index (Phi) is 4.40. The van der Waals surface area contributed by atoms with Crippen LogP contribution >= 0.6 is 0 Å². The number of aromatic nitrogens is 2. The molecule has 2 rings (SSSR count). The molecule has 1 aromatic heterocycles. The zero-order chi connectivity index (χ0) is 13.0. The van der Waals surface area contributed by atoms with Gasteiger partial charge < -0.3 is 14.8 Å². The maximum Gasteiger partial charge on any atom is 0.0948 e. The Bertz CT molecular complexity index is 364. The molecule has 4 heteroatoms. The minimum atomic E-state index is -0.00978. The SMILES string of the molecule is CNC(C)(C)c1cncn1CCCN1CCCC1. The number of aryl methyl sites for hydroxylation is 1. The van der Waals surface area contributed by atoms with Crippen LogP contribution in [0.2, 0.25) is 0 Å². The minimum Gasteiger partial charge on any atom is -0.333 e. The topological polar surface area (TPSA) is 33.1 Å². The van der Waals surface area contributed by atoms with E-state index in [1.165, 1.54) is 44.6 Å². The summed E-state index contributed by atoms with van der Waals surface area (Å²) in [7, 11) is 2.00. The van der Waals surface area contributed by atoms with Crippen molar-refractivity contribution in [2.24, 2.45) is 0 Å². The maximum atomic E-state index is 4.30. The number of nitrogens with one attached hydrogen (secondary N) is 1. The predicted molar refractivity (Wildman–Crippen MR) is 74.6 cm³/mol. The Balaban J connectivity index is 1.87. The van der Waals surface area contributed by atoms with Gasteiger partial charge in [-0.3, -0.25) is 0 Å². The average Bonchev–Trinajstić information content (AvgIpc) is 3.00. The van der Waals surface area contributed by atoms with Gasteiger partial charge in [-0.15, -0.1) is 0 Å². The van der Waals surface area contributed by atoms with Gasteiger partial charge in [0, 0.05) is 12.7 Å². The summed E-state index contributed by atoms with van der Waals surface area (Å²) in [6.45, 7) is 9.26. The van der Waals surface area contributed by atoms with Crippen LogP contribution in [0, 0.1) is 0 Å². The van der Waals surface area contributed by atoms with E-state index in [9.17, 15) is 0 Å². The van der Waals surface area contributed by atoms with Crippen LogP contribution in [0.15, 0.2) is 12.5 Å². The van der Waals surface area contributed by atoms with Gasteiger partial charge in [0.1, 0.15) is 0 Å². The summed E-state index contributed by atoms with van der Waals surface area (Å²) in [5, 5.41) is 3.34. The molecule has 0 aliphatic carbocycles. The Morgan fingerprint density at radius 3 is 2.67 bits per heavy atom. The van der Waals surface area contributed by atoms with E-state index in [-0.39, 0.29) is 5.54 Å². The van der Waals surface area contributed by atoms with E-state index in [4.69, 9.17) is 0 Å². The van der Waals surface area contributed by atoms with E-state index in [1.807, 2.05) is 19.6 Å². The van der Waals surface area contributed by atoms with Crippen LogP contribution in [-0.4, -0.2) is 41.1 Å². The molecule has 2 heterocycles. The number of rotatable bonds is 6. The molecule has 0 spiro atoms. The lowest BCUT2D eigenvalue weighted by molar-refractivity contribution is 0.320. The fraction of sp³-hybridized carbons (Fsp3) is 0.786. The molecule has 0 atom stereocenters. The van der Waals surface area contributed by atoms with Crippen LogP contribution in [-0.2, 0) is 12.1 Å². The van der Waals surface area contributed by atoms with Gasteiger partial charge >= 0.3 is 0 Å². The number of nitrogens with zero attached hydrogens (tertiary/aromatic N) is 3. The number of hydrogen-bond donors (Lipinski definition) is 1. The van der Waals surface area contributed by atoms with Crippen molar-refractivity contribution in [3.8, 4) is 0 Å². The highest BCUT2D eigenvalue weighted by atomic mass is 15.1. The summed E-state index contributed by atoms with van der Waals surface area (Å²) < 4.78 is 2.28. The molecule has 1 aliphatic heterocycles. The van der Waals surface area contributed by atoms with E-state index >= 15 is 0 Å². The highest BCUT2D eigenvalue weighted by molar-refractivity contribution is 5.10. The number of likely N-dealkylation sites (tertiary alicyclic amines) is 1. The van der Waals surface area contributed by atoms with Gasteiger partial charge in [-0.2, -0.15) is 0 Å². The van der Waals surface area contributed by atoms with E-state index in [1.54, 1.807) is 0 Å². The second-order valence-corrected chi connectivity index (χ2v) is 5.75. The van der Waals surface area contributed by atoms with Crippen molar-refractivity contribution in [2.75, 3.05) is 26.7 Å². The highest BCUT2D eigenvalue weighted by Gasteiger charge is 2.22. The molecular weight excluding hydrogens is 224 g/mol. The van der Waals surface area contributed by atoms with Crippen molar-refractivity contribution < 1.29 is 0 Å². The van der Waals surface area contributed by atoms with Gasteiger partial charge in [0.2, 0.25) is 0 Å². The molecule has 18 heavy (non-hydrogen) atoms. The number of imidazole rings is 1. The third kappa shape index (κ3) is 3.12. The summed E-state index contributed by atoms with van der Waals surface area (Å²) in [5.41, 5.74) is 1.26. The largest absolute Gasteiger partial charge is 0.333 e. The first-order chi connectivity index (χ1) is 8.63. The molecule has 1 N–H and O–H groups in total. The molecule has 102 valence electrons. The second kappa shape index (κ2) is 5.85. The molecule has 1 fully saturated rings. The fourth-order valence-electron chi connectivity index (χ4n) is 2.62. The molecule has 0 aromatic carbocycles. The van der Waals surface area contributed by atoms with Crippen molar-refractivity contribution >= 4 is 0 Å². The Morgan fingerprint density at radius 2 is 2.00 bits per heavy atom. The zero-order valence-corrected chi connectivity index (χ0v) is 11.9. The van der Waals surface area contributed by atoms with Crippen molar-refractivity contribution in [2.45, 2.75) is 45.2 Å². The van der Waals surface area contributed by atoms with Crippen LogP contribution in [0.25, 0.3) is 0 Å². The minimum absolute atomic E-state index is 0.00978. The molecule has 0 unspecified atom stereocenters. The fourth-order valence-corrected chi connectivity index (χ4v) is 2.62. The molecule has 1 aliphatic rings. The Labute approximate surface area is 110 Å². The molecule has 1 saturated heterocycles. The van der Waals surface area contributed by atoms with E-state index in [0.29, 0.717) is 0 Å². The van der Waals surface area contributed by atoms with Gasteiger partial charge in [0.15, 0.2) is 0 Å². The van der Waals surface area contributed by atoms with Crippen molar-refractivity contribution in [1.29, 1.82) is 0 Å². The summed E-state index contributed by atoms with van der Waals surface area (Å²) in [6, 6.07) is 0. The Morgan fingerprint density at radius 1 is 1.28 bits per heavy atom. The normalized spacial score (nSPS) is 17.5. The van der Waals surface area contributed by atoms with Crippen molar-refractivity contribution in [1.82, 2.24) is 19.8 Å². The summed E-state index contributed by atoms with van der Waals surface area (Å²) in [5.74, 6) is 0. The lowest BCUT2D eigenvalue weighted by atomic mass is 10.0. The molecule has 1 aromatic rings. The first kappa shape index (κ1) is 13.6. The predicted octanol–water partition coefficient (Wildman–Crippen LogP) is 1.82. The quantitative estimate of drug-likeness (QED) is 0.836. The average molecular weight is 250 g/mol. The lowest BCUT2D eigenvalue weighted by Crippen LogP contribution is -2.35. The van der Waals surface area contributed by atoms with Crippen molar-refractivity contribution in [3.63, 3.8) is 0 Å². The standard InChI is InChI=1S/C14H26N4/c1-14(2,15-3)13-11-16-12-18(13)10-6-9-17-7-4-5-8-17/h11-12,15H,4-10H2,1-3H3. The molecule has 0 saturated carbocycles. The smallest absolute Gasteiger partial charge is 0.0948 e. The monoisotopic (exact) mass is 250 g/mol. The first-order valence-corrected chi connectivity index (χ1v) is 7.05. The van der Waals surface area contributed by atoms with Gasteiger partial charge in [-0.25, -0.2) is 4.98 Å². The van der Waals surface area contributed by atoms with Crippen molar-refractivity contribution in [3.05, 3.63) is 18.2 Å². The summed E-state index contributed by atoms with van der Waals surface area (Å²) in [6.07, 6.45) is 7.90. The van der Waals surface area contributed by atoms with Crippen LogP contribution < -0.4 is 5.32 Å². The first-order valence-electron chi connectivity index (χ1n) is 7.05. The van der Waals surface area contributed by atoms with Gasteiger partial charge in [-0.05, 0) is 59.8 Å². The third-order valence-corrected chi connectivity index (χ3v) is 4.05. The van der Waals surface area contributed by atoms with E-state index in [0.717, 1.165) is 6.54 Å². The third-order valence-electron chi connectivity index (χ3n) is 4.05. The second-order valence-electron chi connectivity index (χ2n) is 5.75. The van der Waals surface area contributed by atoms with Crippen LogP contribution in [0.3, 0.4) is 0 Å².